The van der Waals surface area contributed by atoms with E-state index in [1.54, 1.807) is 0 Å². The normalized spacial score (nSPS) is 34.8. The zero-order valence-corrected chi connectivity index (χ0v) is 11.4. The highest BCUT2D eigenvalue weighted by atomic mass is 16.3. The highest BCUT2D eigenvalue weighted by Crippen LogP contribution is 2.23. The molecular formula is C14H28N2O. The monoisotopic (exact) mass is 240 g/mol. The lowest BCUT2D eigenvalue weighted by Gasteiger charge is -2.36. The molecule has 3 nitrogen and oxygen atoms in total. The van der Waals surface area contributed by atoms with Crippen LogP contribution >= 0.6 is 0 Å². The summed E-state index contributed by atoms with van der Waals surface area (Å²) in [7, 11) is 2.21. The van der Waals surface area contributed by atoms with Crippen LogP contribution in [0.5, 0.6) is 0 Å². The van der Waals surface area contributed by atoms with Crippen LogP contribution in [0.25, 0.3) is 0 Å². The first-order valence-electron chi connectivity index (χ1n) is 7.28. The molecule has 0 aromatic heterocycles. The summed E-state index contributed by atoms with van der Waals surface area (Å²) in [6, 6.07) is 1.16. The van der Waals surface area contributed by atoms with Crippen molar-refractivity contribution in [2.75, 3.05) is 20.1 Å². The van der Waals surface area contributed by atoms with E-state index in [2.05, 4.69) is 24.2 Å². The molecule has 0 aromatic carbocycles. The van der Waals surface area contributed by atoms with Gasteiger partial charge in [0, 0.05) is 12.1 Å². The van der Waals surface area contributed by atoms with Crippen molar-refractivity contribution >= 4 is 0 Å². The molecule has 2 aliphatic rings. The lowest BCUT2D eigenvalue weighted by molar-refractivity contribution is 0.102. The van der Waals surface area contributed by atoms with E-state index >= 15 is 0 Å². The van der Waals surface area contributed by atoms with Gasteiger partial charge in [0.25, 0.3) is 0 Å². The fourth-order valence-corrected chi connectivity index (χ4v) is 3.35. The van der Waals surface area contributed by atoms with Crippen molar-refractivity contribution in [2.45, 2.75) is 63.6 Å². The number of nitrogens with one attached hydrogen (secondary N) is 1. The molecule has 2 N–H and O–H groups in total. The van der Waals surface area contributed by atoms with Gasteiger partial charge in [0.1, 0.15) is 0 Å². The summed E-state index contributed by atoms with van der Waals surface area (Å²) in [5.41, 5.74) is 0. The highest BCUT2D eigenvalue weighted by Gasteiger charge is 2.26. The van der Waals surface area contributed by atoms with Gasteiger partial charge in [-0.15, -0.1) is 0 Å². The van der Waals surface area contributed by atoms with Crippen molar-refractivity contribution in [1.29, 1.82) is 0 Å². The molecule has 0 aromatic rings. The number of aliphatic hydroxyl groups is 1. The maximum Gasteiger partial charge on any atom is 0.0555 e. The van der Waals surface area contributed by atoms with Gasteiger partial charge >= 0.3 is 0 Å². The number of hydrogen-bond acceptors (Lipinski definition) is 3. The molecule has 1 aliphatic heterocycles. The fourth-order valence-electron chi connectivity index (χ4n) is 3.35. The second-order valence-corrected chi connectivity index (χ2v) is 6.11. The Hall–Kier alpha value is -0.120. The van der Waals surface area contributed by atoms with E-state index in [4.69, 9.17) is 0 Å². The first kappa shape index (κ1) is 13.3. The lowest BCUT2D eigenvalue weighted by Crippen LogP contribution is -2.46. The maximum atomic E-state index is 9.69. The molecule has 1 heterocycles. The Morgan fingerprint density at radius 1 is 1.18 bits per heavy atom. The van der Waals surface area contributed by atoms with Crippen LogP contribution in [-0.2, 0) is 0 Å². The molecule has 0 bridgehead atoms. The molecule has 0 amide bonds. The Morgan fingerprint density at radius 3 is 2.53 bits per heavy atom. The summed E-state index contributed by atoms with van der Waals surface area (Å²) >= 11 is 0. The van der Waals surface area contributed by atoms with Gasteiger partial charge in [-0.05, 0) is 71.5 Å². The summed E-state index contributed by atoms with van der Waals surface area (Å²) in [5, 5.41) is 13.4. The van der Waals surface area contributed by atoms with E-state index in [0.29, 0.717) is 12.1 Å². The zero-order valence-electron chi connectivity index (χ0n) is 11.4. The van der Waals surface area contributed by atoms with Crippen LogP contribution in [0.4, 0.5) is 0 Å². The second-order valence-electron chi connectivity index (χ2n) is 6.11. The molecule has 1 aliphatic carbocycles. The molecule has 17 heavy (non-hydrogen) atoms. The summed E-state index contributed by atoms with van der Waals surface area (Å²) in [5.74, 6) is 0.824. The van der Waals surface area contributed by atoms with Gasteiger partial charge in [-0.2, -0.15) is 0 Å². The largest absolute Gasteiger partial charge is 0.393 e. The molecule has 2 rings (SSSR count). The van der Waals surface area contributed by atoms with Crippen LogP contribution in [0.1, 0.15) is 45.4 Å². The predicted molar refractivity (Wildman–Crippen MR) is 71.1 cm³/mol. The van der Waals surface area contributed by atoms with Crippen LogP contribution in [-0.4, -0.2) is 48.3 Å². The van der Waals surface area contributed by atoms with Gasteiger partial charge in [0.05, 0.1) is 6.10 Å². The van der Waals surface area contributed by atoms with Crippen molar-refractivity contribution in [1.82, 2.24) is 10.2 Å². The van der Waals surface area contributed by atoms with Gasteiger partial charge in [-0.25, -0.2) is 0 Å². The third-order valence-electron chi connectivity index (χ3n) is 4.62. The fraction of sp³-hybridized carbons (Fsp3) is 1.00. The Kier molecular flexibility index (Phi) is 4.83. The topological polar surface area (TPSA) is 35.5 Å². The minimum absolute atomic E-state index is 0.0639. The summed E-state index contributed by atoms with van der Waals surface area (Å²) < 4.78 is 0. The second kappa shape index (κ2) is 6.17. The van der Waals surface area contributed by atoms with Gasteiger partial charge in [0.2, 0.25) is 0 Å². The summed E-state index contributed by atoms with van der Waals surface area (Å²) in [6.45, 7) is 4.81. The van der Waals surface area contributed by atoms with Gasteiger partial charge < -0.3 is 15.3 Å². The van der Waals surface area contributed by atoms with Crippen LogP contribution in [0.15, 0.2) is 0 Å². The minimum atomic E-state index is -0.0639. The summed E-state index contributed by atoms with van der Waals surface area (Å²) in [6.07, 6.45) is 6.95. The van der Waals surface area contributed by atoms with Crippen molar-refractivity contribution in [3.63, 3.8) is 0 Å². The van der Waals surface area contributed by atoms with Crippen molar-refractivity contribution in [3.05, 3.63) is 0 Å². The van der Waals surface area contributed by atoms with E-state index in [9.17, 15) is 5.11 Å². The average Bonchev–Trinajstić information content (AvgIpc) is 2.29. The third kappa shape index (κ3) is 3.94. The summed E-state index contributed by atoms with van der Waals surface area (Å²) in [4.78, 5) is 2.42. The average molecular weight is 240 g/mol. The molecule has 100 valence electrons. The lowest BCUT2D eigenvalue weighted by atomic mass is 9.87. The maximum absolute atomic E-state index is 9.69. The number of likely N-dealkylation sites (tertiary alicyclic amines) is 1. The number of piperidine rings is 1. The molecule has 2 fully saturated rings. The standard InChI is InChI=1S/C14H28N2O/c1-11(12-6-8-16(2)9-7-12)15-13-4-3-5-14(17)10-13/h11-15,17H,3-10H2,1-2H3. The number of hydrogen-bond donors (Lipinski definition) is 2. The Bertz CT molecular complexity index is 226. The van der Waals surface area contributed by atoms with Crippen molar-refractivity contribution < 1.29 is 5.11 Å². The Balaban J connectivity index is 1.74. The van der Waals surface area contributed by atoms with Crippen LogP contribution < -0.4 is 5.32 Å². The highest BCUT2D eigenvalue weighted by molar-refractivity contribution is 4.84. The molecule has 0 radical (unpaired) electrons. The SMILES string of the molecule is CC(NC1CCCC(O)C1)C1CCN(C)CC1. The zero-order chi connectivity index (χ0) is 12.3. The number of aliphatic hydroxyl groups excluding tert-OH is 1. The van der Waals surface area contributed by atoms with Crippen LogP contribution in [0, 0.1) is 5.92 Å². The molecule has 3 heteroatoms. The van der Waals surface area contributed by atoms with Gasteiger partial charge in [0.15, 0.2) is 0 Å². The molecule has 3 unspecified atom stereocenters. The third-order valence-corrected chi connectivity index (χ3v) is 4.62. The van der Waals surface area contributed by atoms with E-state index in [0.717, 1.165) is 18.8 Å². The minimum Gasteiger partial charge on any atom is -0.393 e. The van der Waals surface area contributed by atoms with Crippen molar-refractivity contribution in [3.8, 4) is 0 Å². The van der Waals surface area contributed by atoms with Gasteiger partial charge in [-0.1, -0.05) is 0 Å². The van der Waals surface area contributed by atoms with Gasteiger partial charge in [-0.3, -0.25) is 0 Å². The molecule has 1 saturated carbocycles. The Morgan fingerprint density at radius 2 is 1.88 bits per heavy atom. The van der Waals surface area contributed by atoms with Crippen molar-refractivity contribution in [2.24, 2.45) is 5.92 Å². The number of rotatable bonds is 3. The number of nitrogens with zero attached hydrogens (tertiary/aromatic N) is 1. The molecular weight excluding hydrogens is 212 g/mol. The quantitative estimate of drug-likeness (QED) is 0.787. The Labute approximate surface area is 106 Å². The van der Waals surface area contributed by atoms with Crippen LogP contribution in [0.2, 0.25) is 0 Å². The van der Waals surface area contributed by atoms with E-state index < -0.39 is 0 Å². The first-order valence-corrected chi connectivity index (χ1v) is 7.28. The van der Waals surface area contributed by atoms with E-state index in [1.807, 2.05) is 0 Å². The molecule has 3 atom stereocenters. The predicted octanol–water partition coefficient (Wildman–Crippen LogP) is 1.61. The van der Waals surface area contributed by atoms with E-state index in [1.165, 1.54) is 38.8 Å². The smallest absolute Gasteiger partial charge is 0.0555 e. The van der Waals surface area contributed by atoms with Crippen LogP contribution in [0.3, 0.4) is 0 Å². The molecule has 0 spiro atoms. The molecule has 1 saturated heterocycles. The first-order chi connectivity index (χ1) is 8.15. The van der Waals surface area contributed by atoms with E-state index in [-0.39, 0.29) is 6.10 Å².